The fraction of sp³-hybridized carbons (Fsp3) is 0.238. The molecular weight excluding hydrogens is 344 g/mol. The maximum atomic E-state index is 12.4. The molecule has 3 rings (SSSR count). The van der Waals surface area contributed by atoms with Gasteiger partial charge in [0.2, 0.25) is 0 Å². The first-order valence-electron chi connectivity index (χ1n) is 8.80. The van der Waals surface area contributed by atoms with E-state index in [1.54, 1.807) is 36.4 Å². The first-order valence-corrected chi connectivity index (χ1v) is 8.80. The van der Waals surface area contributed by atoms with E-state index in [1.165, 1.54) is 10.9 Å². The Bertz CT molecular complexity index is 1020. The van der Waals surface area contributed by atoms with Crippen LogP contribution in [0, 0.1) is 0 Å². The molecule has 0 aliphatic rings. The van der Waals surface area contributed by atoms with Crippen molar-refractivity contribution in [2.75, 3.05) is 6.61 Å². The smallest absolute Gasteiger partial charge is 0.326 e. The van der Waals surface area contributed by atoms with E-state index in [9.17, 15) is 14.4 Å². The van der Waals surface area contributed by atoms with Gasteiger partial charge in [-0.05, 0) is 24.1 Å². The lowest BCUT2D eigenvalue weighted by molar-refractivity contribution is -0.143. The van der Waals surface area contributed by atoms with Gasteiger partial charge in [0, 0.05) is 5.56 Å². The third-order valence-electron chi connectivity index (χ3n) is 4.21. The SMILES string of the molecule is CCCc1ccc(C(=O)COC(=O)Cn2cnc3ccccc3c2=O)cc1. The predicted octanol–water partition coefficient (Wildman–Crippen LogP) is 2.78. The molecule has 138 valence electrons. The van der Waals surface area contributed by atoms with Crippen LogP contribution in [-0.2, 0) is 22.5 Å². The Morgan fingerprint density at radius 3 is 2.56 bits per heavy atom. The monoisotopic (exact) mass is 364 g/mol. The molecule has 0 saturated carbocycles. The molecule has 0 N–H and O–H groups in total. The molecule has 1 aromatic heterocycles. The van der Waals surface area contributed by atoms with E-state index in [1.807, 2.05) is 12.1 Å². The molecule has 1 heterocycles. The predicted molar refractivity (Wildman–Crippen MR) is 102 cm³/mol. The van der Waals surface area contributed by atoms with Gasteiger partial charge in [0.25, 0.3) is 5.56 Å². The van der Waals surface area contributed by atoms with Gasteiger partial charge in [-0.3, -0.25) is 19.0 Å². The summed E-state index contributed by atoms with van der Waals surface area (Å²) >= 11 is 0. The number of aromatic nitrogens is 2. The second-order valence-corrected chi connectivity index (χ2v) is 6.23. The molecule has 0 saturated heterocycles. The molecular formula is C21H20N2O4. The molecule has 0 fully saturated rings. The van der Waals surface area contributed by atoms with E-state index in [0.717, 1.165) is 18.4 Å². The summed E-state index contributed by atoms with van der Waals surface area (Å²) in [6, 6.07) is 14.2. The van der Waals surface area contributed by atoms with Crippen LogP contribution in [0.15, 0.2) is 59.7 Å². The van der Waals surface area contributed by atoms with E-state index in [4.69, 9.17) is 4.74 Å². The summed E-state index contributed by atoms with van der Waals surface area (Å²) in [5.74, 6) is -0.944. The standard InChI is InChI=1S/C21H20N2O4/c1-2-5-15-8-10-16(11-9-15)19(24)13-27-20(25)12-23-14-22-18-7-4-3-6-17(18)21(23)26/h3-4,6-11,14H,2,5,12-13H2,1H3. The van der Waals surface area contributed by atoms with Crippen molar-refractivity contribution in [2.24, 2.45) is 0 Å². The number of nitrogens with zero attached hydrogens (tertiary/aromatic N) is 2. The molecule has 0 unspecified atom stereocenters. The summed E-state index contributed by atoms with van der Waals surface area (Å²) in [6.45, 7) is 1.44. The Balaban J connectivity index is 1.60. The number of benzene rings is 2. The van der Waals surface area contributed by atoms with Crippen molar-refractivity contribution in [1.82, 2.24) is 9.55 Å². The molecule has 0 atom stereocenters. The normalized spacial score (nSPS) is 10.7. The average Bonchev–Trinajstić information content (AvgIpc) is 2.69. The molecule has 3 aromatic rings. The number of fused-ring (bicyclic) bond motifs is 1. The Kier molecular flexibility index (Phi) is 5.76. The molecule has 0 bridgehead atoms. The number of Topliss-reactive ketones (excluding diaryl/α,β-unsaturated/α-hetero) is 1. The number of para-hydroxylation sites is 1. The van der Waals surface area contributed by atoms with Crippen LogP contribution in [-0.4, -0.2) is 27.9 Å². The zero-order valence-corrected chi connectivity index (χ0v) is 15.1. The number of aryl methyl sites for hydroxylation is 1. The van der Waals surface area contributed by atoms with Gasteiger partial charge < -0.3 is 4.74 Å². The van der Waals surface area contributed by atoms with Crippen LogP contribution in [0.5, 0.6) is 0 Å². The lowest BCUT2D eigenvalue weighted by Crippen LogP contribution is -2.26. The van der Waals surface area contributed by atoms with Gasteiger partial charge in [0.05, 0.1) is 17.2 Å². The van der Waals surface area contributed by atoms with Gasteiger partial charge in [-0.25, -0.2) is 4.98 Å². The average molecular weight is 364 g/mol. The maximum Gasteiger partial charge on any atom is 0.326 e. The molecule has 0 amide bonds. The number of hydrogen-bond donors (Lipinski definition) is 0. The first kappa shape index (κ1) is 18.5. The largest absolute Gasteiger partial charge is 0.456 e. The summed E-state index contributed by atoms with van der Waals surface area (Å²) in [5, 5.41) is 0.427. The Labute approximate surface area is 156 Å². The molecule has 2 aromatic carbocycles. The Morgan fingerprint density at radius 1 is 1.07 bits per heavy atom. The third kappa shape index (κ3) is 4.47. The molecule has 6 nitrogen and oxygen atoms in total. The topological polar surface area (TPSA) is 78.3 Å². The van der Waals surface area contributed by atoms with Gasteiger partial charge >= 0.3 is 5.97 Å². The zero-order valence-electron chi connectivity index (χ0n) is 15.1. The molecule has 0 aliphatic heterocycles. The van der Waals surface area contributed by atoms with Crippen LogP contribution in [0.3, 0.4) is 0 Å². The van der Waals surface area contributed by atoms with E-state index >= 15 is 0 Å². The highest BCUT2D eigenvalue weighted by molar-refractivity contribution is 5.97. The van der Waals surface area contributed by atoms with Crippen LogP contribution in [0.25, 0.3) is 10.9 Å². The molecule has 27 heavy (non-hydrogen) atoms. The van der Waals surface area contributed by atoms with Crippen molar-refractivity contribution in [2.45, 2.75) is 26.3 Å². The fourth-order valence-corrected chi connectivity index (χ4v) is 2.78. The molecule has 0 spiro atoms. The van der Waals surface area contributed by atoms with Gasteiger partial charge in [-0.2, -0.15) is 0 Å². The van der Waals surface area contributed by atoms with E-state index in [-0.39, 0.29) is 24.5 Å². The van der Waals surface area contributed by atoms with Crippen molar-refractivity contribution >= 4 is 22.7 Å². The summed E-state index contributed by atoms with van der Waals surface area (Å²) < 4.78 is 6.21. The molecule has 6 heteroatoms. The number of esters is 1. The van der Waals surface area contributed by atoms with Crippen molar-refractivity contribution in [3.05, 3.63) is 76.3 Å². The molecule has 0 aliphatic carbocycles. The number of hydrogen-bond acceptors (Lipinski definition) is 5. The van der Waals surface area contributed by atoms with Crippen molar-refractivity contribution in [3.63, 3.8) is 0 Å². The summed E-state index contributed by atoms with van der Waals surface area (Å²) in [5.41, 5.74) is 1.89. The van der Waals surface area contributed by atoms with Crippen LogP contribution >= 0.6 is 0 Å². The number of rotatable bonds is 7. The Morgan fingerprint density at radius 2 is 1.81 bits per heavy atom. The highest BCUT2D eigenvalue weighted by Gasteiger charge is 2.12. The van der Waals surface area contributed by atoms with Crippen molar-refractivity contribution in [3.8, 4) is 0 Å². The van der Waals surface area contributed by atoms with E-state index in [2.05, 4.69) is 11.9 Å². The minimum absolute atomic E-state index is 0.282. The quantitative estimate of drug-likeness (QED) is 0.476. The van der Waals surface area contributed by atoms with Crippen LogP contribution in [0.2, 0.25) is 0 Å². The Hall–Kier alpha value is -3.28. The van der Waals surface area contributed by atoms with Crippen LogP contribution < -0.4 is 5.56 Å². The first-order chi connectivity index (χ1) is 13.1. The van der Waals surface area contributed by atoms with Gasteiger partial charge in [0.15, 0.2) is 12.4 Å². The minimum atomic E-state index is -0.662. The van der Waals surface area contributed by atoms with Gasteiger partial charge in [-0.15, -0.1) is 0 Å². The summed E-state index contributed by atoms with van der Waals surface area (Å²) in [6.07, 6.45) is 3.30. The summed E-state index contributed by atoms with van der Waals surface area (Å²) in [4.78, 5) is 40.7. The van der Waals surface area contributed by atoms with Crippen molar-refractivity contribution < 1.29 is 14.3 Å². The number of carbonyl (C=O) groups excluding carboxylic acids is 2. The van der Waals surface area contributed by atoms with Crippen LogP contribution in [0.4, 0.5) is 0 Å². The lowest BCUT2D eigenvalue weighted by atomic mass is 10.1. The third-order valence-corrected chi connectivity index (χ3v) is 4.21. The summed E-state index contributed by atoms with van der Waals surface area (Å²) in [7, 11) is 0. The second-order valence-electron chi connectivity index (χ2n) is 6.23. The number of ketones is 1. The van der Waals surface area contributed by atoms with Crippen LogP contribution in [0.1, 0.15) is 29.3 Å². The highest BCUT2D eigenvalue weighted by atomic mass is 16.5. The maximum absolute atomic E-state index is 12.4. The fourth-order valence-electron chi connectivity index (χ4n) is 2.78. The lowest BCUT2D eigenvalue weighted by Gasteiger charge is -2.07. The minimum Gasteiger partial charge on any atom is -0.456 e. The van der Waals surface area contributed by atoms with Gasteiger partial charge in [-0.1, -0.05) is 49.7 Å². The number of ether oxygens (including phenoxy) is 1. The number of carbonyl (C=O) groups is 2. The second kappa shape index (κ2) is 8.40. The van der Waals surface area contributed by atoms with E-state index in [0.29, 0.717) is 16.5 Å². The molecule has 0 radical (unpaired) electrons. The zero-order chi connectivity index (χ0) is 19.2. The van der Waals surface area contributed by atoms with E-state index < -0.39 is 5.97 Å². The van der Waals surface area contributed by atoms with Gasteiger partial charge in [0.1, 0.15) is 6.54 Å². The van der Waals surface area contributed by atoms with Crippen molar-refractivity contribution in [1.29, 1.82) is 0 Å². The highest BCUT2D eigenvalue weighted by Crippen LogP contribution is 2.08.